The van der Waals surface area contributed by atoms with Gasteiger partial charge in [-0.05, 0) is 26.4 Å². The number of ether oxygens (including phenoxy) is 2. The van der Waals surface area contributed by atoms with Crippen molar-refractivity contribution in [2.24, 2.45) is 0 Å². The van der Waals surface area contributed by atoms with Crippen molar-refractivity contribution in [1.82, 2.24) is 5.32 Å². The molecule has 0 radical (unpaired) electrons. The molecule has 3 nitrogen and oxygen atoms in total. The molecule has 80 valence electrons. The third kappa shape index (κ3) is 2.16. The van der Waals surface area contributed by atoms with Crippen LogP contribution in [0, 0.1) is 0 Å². The Bertz CT molecular complexity index is 219. The molecule has 3 heteroatoms. The van der Waals surface area contributed by atoms with Gasteiger partial charge in [0, 0.05) is 12.8 Å². The fraction of sp³-hybridized carbons (Fsp3) is 0.818. The van der Waals surface area contributed by atoms with E-state index in [-0.39, 0.29) is 5.79 Å². The monoisotopic (exact) mass is 197 g/mol. The summed E-state index contributed by atoms with van der Waals surface area (Å²) in [4.78, 5) is 0. The van der Waals surface area contributed by atoms with Crippen molar-refractivity contribution < 1.29 is 9.47 Å². The van der Waals surface area contributed by atoms with Crippen molar-refractivity contribution in [2.45, 2.75) is 31.5 Å². The number of hydrogen-bond donors (Lipinski definition) is 1. The normalized spacial score (nSPS) is 25.4. The van der Waals surface area contributed by atoms with Gasteiger partial charge in [-0.1, -0.05) is 11.6 Å². The van der Waals surface area contributed by atoms with Crippen LogP contribution < -0.4 is 5.32 Å². The molecule has 2 rings (SSSR count). The van der Waals surface area contributed by atoms with E-state index in [2.05, 4.69) is 11.4 Å². The molecule has 1 aliphatic heterocycles. The van der Waals surface area contributed by atoms with Gasteiger partial charge in [0.15, 0.2) is 5.79 Å². The molecule has 1 saturated heterocycles. The Hall–Kier alpha value is -0.380. The standard InChI is InChI=1S/C11H19NO2/c1-12-7-4-10-2-5-11(6-3-10)13-8-9-14-11/h2,12H,3-9H2,1H3. The van der Waals surface area contributed by atoms with E-state index < -0.39 is 0 Å². The van der Waals surface area contributed by atoms with E-state index in [0.717, 1.165) is 45.4 Å². The number of rotatable bonds is 3. The lowest BCUT2D eigenvalue weighted by Crippen LogP contribution is -2.32. The molecule has 1 aliphatic carbocycles. The maximum Gasteiger partial charge on any atom is 0.172 e. The van der Waals surface area contributed by atoms with Crippen molar-refractivity contribution in [3.63, 3.8) is 0 Å². The Morgan fingerprint density at radius 3 is 2.79 bits per heavy atom. The van der Waals surface area contributed by atoms with Crippen LogP contribution in [0.15, 0.2) is 11.6 Å². The van der Waals surface area contributed by atoms with Gasteiger partial charge >= 0.3 is 0 Å². The lowest BCUT2D eigenvalue weighted by atomic mass is 9.92. The molecule has 14 heavy (non-hydrogen) atoms. The topological polar surface area (TPSA) is 30.5 Å². The maximum atomic E-state index is 5.65. The Morgan fingerprint density at radius 2 is 2.21 bits per heavy atom. The summed E-state index contributed by atoms with van der Waals surface area (Å²) in [5, 5.41) is 3.17. The molecule has 0 aromatic carbocycles. The first-order chi connectivity index (χ1) is 6.85. The molecule has 0 saturated carbocycles. The Kier molecular flexibility index (Phi) is 3.21. The Labute approximate surface area is 85.5 Å². The predicted molar refractivity (Wildman–Crippen MR) is 55.1 cm³/mol. The van der Waals surface area contributed by atoms with Crippen molar-refractivity contribution >= 4 is 0 Å². The van der Waals surface area contributed by atoms with Crippen molar-refractivity contribution in [2.75, 3.05) is 26.8 Å². The minimum absolute atomic E-state index is 0.247. The van der Waals surface area contributed by atoms with Gasteiger partial charge in [0.05, 0.1) is 13.2 Å². The second-order valence-electron chi connectivity index (χ2n) is 4.03. The quantitative estimate of drug-likeness (QED) is 0.695. The van der Waals surface area contributed by atoms with Crippen molar-refractivity contribution in [3.8, 4) is 0 Å². The van der Waals surface area contributed by atoms with Crippen molar-refractivity contribution in [1.29, 1.82) is 0 Å². The van der Waals surface area contributed by atoms with Gasteiger partial charge < -0.3 is 14.8 Å². The van der Waals surface area contributed by atoms with E-state index in [1.54, 1.807) is 5.57 Å². The van der Waals surface area contributed by atoms with Gasteiger partial charge in [0.2, 0.25) is 0 Å². The summed E-state index contributed by atoms with van der Waals surface area (Å²) in [7, 11) is 1.99. The molecule has 0 unspecified atom stereocenters. The van der Waals surface area contributed by atoms with Gasteiger partial charge in [-0.25, -0.2) is 0 Å². The van der Waals surface area contributed by atoms with Crippen LogP contribution in [0.2, 0.25) is 0 Å². The van der Waals surface area contributed by atoms with Crippen LogP contribution in [-0.4, -0.2) is 32.6 Å². The van der Waals surface area contributed by atoms with E-state index in [0.29, 0.717) is 0 Å². The first-order valence-electron chi connectivity index (χ1n) is 5.45. The molecule has 1 fully saturated rings. The second-order valence-corrected chi connectivity index (χ2v) is 4.03. The van der Waals surface area contributed by atoms with Crippen LogP contribution in [0.4, 0.5) is 0 Å². The minimum atomic E-state index is -0.247. The third-order valence-electron chi connectivity index (χ3n) is 3.04. The largest absolute Gasteiger partial charge is 0.347 e. The second kappa shape index (κ2) is 4.43. The lowest BCUT2D eigenvalue weighted by Gasteiger charge is -2.30. The van der Waals surface area contributed by atoms with Crippen LogP contribution in [0.5, 0.6) is 0 Å². The molecule has 0 aromatic rings. The van der Waals surface area contributed by atoms with Gasteiger partial charge in [-0.2, -0.15) is 0 Å². The minimum Gasteiger partial charge on any atom is -0.347 e. The first kappa shape index (κ1) is 10.1. The lowest BCUT2D eigenvalue weighted by molar-refractivity contribution is -0.161. The Morgan fingerprint density at radius 1 is 1.43 bits per heavy atom. The van der Waals surface area contributed by atoms with Crippen LogP contribution in [-0.2, 0) is 9.47 Å². The molecule has 0 bridgehead atoms. The van der Waals surface area contributed by atoms with Crippen LogP contribution in [0.3, 0.4) is 0 Å². The summed E-state index contributed by atoms with van der Waals surface area (Å²) in [5.74, 6) is -0.247. The molecule has 1 heterocycles. The van der Waals surface area contributed by atoms with E-state index in [9.17, 15) is 0 Å². The number of nitrogens with one attached hydrogen (secondary N) is 1. The van der Waals surface area contributed by atoms with Crippen LogP contribution >= 0.6 is 0 Å². The maximum absolute atomic E-state index is 5.65. The molecule has 1 spiro atoms. The summed E-state index contributed by atoms with van der Waals surface area (Å²) >= 11 is 0. The summed E-state index contributed by atoms with van der Waals surface area (Å²) in [6, 6.07) is 0. The zero-order valence-corrected chi connectivity index (χ0v) is 8.84. The van der Waals surface area contributed by atoms with E-state index in [4.69, 9.17) is 9.47 Å². The highest BCUT2D eigenvalue weighted by atomic mass is 16.7. The molecular formula is C11H19NO2. The van der Waals surface area contributed by atoms with E-state index in [1.165, 1.54) is 0 Å². The van der Waals surface area contributed by atoms with Gasteiger partial charge in [-0.3, -0.25) is 0 Å². The van der Waals surface area contributed by atoms with E-state index in [1.807, 2.05) is 7.05 Å². The molecule has 2 aliphatic rings. The fourth-order valence-electron chi connectivity index (χ4n) is 2.13. The van der Waals surface area contributed by atoms with Crippen LogP contribution in [0.1, 0.15) is 25.7 Å². The first-order valence-corrected chi connectivity index (χ1v) is 5.45. The zero-order valence-electron chi connectivity index (χ0n) is 8.84. The molecule has 0 amide bonds. The highest BCUT2D eigenvalue weighted by molar-refractivity contribution is 5.09. The molecular weight excluding hydrogens is 178 g/mol. The van der Waals surface area contributed by atoms with Crippen LogP contribution in [0.25, 0.3) is 0 Å². The van der Waals surface area contributed by atoms with Gasteiger partial charge in [-0.15, -0.1) is 0 Å². The smallest absolute Gasteiger partial charge is 0.172 e. The molecule has 0 aromatic heterocycles. The van der Waals surface area contributed by atoms with Crippen molar-refractivity contribution in [3.05, 3.63) is 11.6 Å². The summed E-state index contributed by atoms with van der Waals surface area (Å²) in [6.07, 6.45) is 6.55. The predicted octanol–water partition coefficient (Wildman–Crippen LogP) is 1.45. The summed E-state index contributed by atoms with van der Waals surface area (Å²) in [6.45, 7) is 2.60. The zero-order chi connectivity index (χ0) is 9.86. The SMILES string of the molecule is CNCCC1=CCC2(CC1)OCCO2. The third-order valence-corrected chi connectivity index (χ3v) is 3.04. The van der Waals surface area contributed by atoms with Gasteiger partial charge in [0.1, 0.15) is 0 Å². The summed E-state index contributed by atoms with van der Waals surface area (Å²) in [5.41, 5.74) is 1.55. The molecule has 0 atom stereocenters. The van der Waals surface area contributed by atoms with Gasteiger partial charge in [0.25, 0.3) is 0 Å². The highest BCUT2D eigenvalue weighted by Crippen LogP contribution is 2.35. The fourth-order valence-corrected chi connectivity index (χ4v) is 2.13. The number of hydrogen-bond acceptors (Lipinski definition) is 3. The summed E-state index contributed by atoms with van der Waals surface area (Å²) < 4.78 is 11.3. The van der Waals surface area contributed by atoms with E-state index >= 15 is 0 Å². The Balaban J connectivity index is 1.86. The molecule has 1 N–H and O–H groups in total. The average Bonchev–Trinajstić information content (AvgIpc) is 2.66. The highest BCUT2D eigenvalue weighted by Gasteiger charge is 2.37. The average molecular weight is 197 g/mol.